The maximum atomic E-state index is 12.8. The number of benzene rings is 3. The van der Waals surface area contributed by atoms with Gasteiger partial charge in [0.1, 0.15) is 5.75 Å². The molecule has 0 aromatic heterocycles. The summed E-state index contributed by atoms with van der Waals surface area (Å²) in [6.45, 7) is 5.03. The Labute approximate surface area is 200 Å². The van der Waals surface area contributed by atoms with Crippen LogP contribution in [0.3, 0.4) is 0 Å². The molecule has 34 heavy (non-hydrogen) atoms. The van der Waals surface area contributed by atoms with E-state index in [2.05, 4.69) is 14.9 Å². The molecule has 1 aliphatic heterocycles. The maximum Gasteiger partial charge on any atom is 0.262 e. The predicted octanol–water partition coefficient (Wildman–Crippen LogP) is 4.65. The summed E-state index contributed by atoms with van der Waals surface area (Å²) in [5.74, 6) is 0.190. The van der Waals surface area contributed by atoms with Crippen molar-refractivity contribution in [3.63, 3.8) is 0 Å². The summed E-state index contributed by atoms with van der Waals surface area (Å²) in [4.78, 5) is 15.1. The van der Waals surface area contributed by atoms with Crippen LogP contribution in [0.5, 0.6) is 5.75 Å². The number of anilines is 2. The number of hydrogen-bond donors (Lipinski definition) is 2. The first-order valence-corrected chi connectivity index (χ1v) is 12.7. The topological polar surface area (TPSA) is 87.7 Å². The van der Waals surface area contributed by atoms with Crippen LogP contribution in [0.15, 0.2) is 71.6 Å². The van der Waals surface area contributed by atoms with Crippen LogP contribution >= 0.6 is 0 Å². The Bertz CT molecular complexity index is 1250. The molecule has 8 heteroatoms. The normalized spacial score (nSPS) is 14.1. The fraction of sp³-hybridized carbons (Fsp3) is 0.269. The highest BCUT2D eigenvalue weighted by molar-refractivity contribution is 7.92. The molecule has 1 heterocycles. The zero-order valence-electron chi connectivity index (χ0n) is 19.4. The minimum atomic E-state index is -3.82. The monoisotopic (exact) mass is 479 g/mol. The molecule has 0 bridgehead atoms. The van der Waals surface area contributed by atoms with E-state index in [0.29, 0.717) is 22.7 Å². The number of hydrogen-bond acceptors (Lipinski definition) is 5. The molecule has 1 fully saturated rings. The number of carbonyl (C=O) groups is 1. The van der Waals surface area contributed by atoms with Crippen LogP contribution in [0.25, 0.3) is 0 Å². The van der Waals surface area contributed by atoms with Crippen molar-refractivity contribution >= 4 is 27.3 Å². The average Bonchev–Trinajstić information content (AvgIpc) is 3.33. The lowest BCUT2D eigenvalue weighted by Gasteiger charge is -2.14. The molecule has 0 aliphatic carbocycles. The van der Waals surface area contributed by atoms with Crippen molar-refractivity contribution in [3.8, 4) is 5.75 Å². The Morgan fingerprint density at radius 2 is 1.65 bits per heavy atom. The number of likely N-dealkylation sites (tertiary alicyclic amines) is 1. The number of methoxy groups -OCH3 is 1. The smallest absolute Gasteiger partial charge is 0.262 e. The second kappa shape index (κ2) is 10.3. The van der Waals surface area contributed by atoms with E-state index in [-0.39, 0.29) is 10.8 Å². The first kappa shape index (κ1) is 23.8. The molecule has 1 aliphatic rings. The van der Waals surface area contributed by atoms with Gasteiger partial charge in [-0.3, -0.25) is 14.4 Å². The first-order valence-electron chi connectivity index (χ1n) is 11.2. The van der Waals surface area contributed by atoms with Gasteiger partial charge in [-0.2, -0.15) is 0 Å². The predicted molar refractivity (Wildman–Crippen MR) is 134 cm³/mol. The molecule has 1 amide bonds. The van der Waals surface area contributed by atoms with Gasteiger partial charge in [-0.1, -0.05) is 18.2 Å². The minimum absolute atomic E-state index is 0.0836. The molecule has 2 N–H and O–H groups in total. The molecule has 3 aromatic carbocycles. The third-order valence-corrected chi connectivity index (χ3v) is 7.22. The van der Waals surface area contributed by atoms with Crippen molar-refractivity contribution in [2.45, 2.75) is 31.2 Å². The summed E-state index contributed by atoms with van der Waals surface area (Å²) >= 11 is 0. The number of nitrogens with zero attached hydrogens (tertiary/aromatic N) is 1. The number of carbonyl (C=O) groups excluding carboxylic acids is 1. The fourth-order valence-corrected chi connectivity index (χ4v) is 5.05. The summed E-state index contributed by atoms with van der Waals surface area (Å²) in [5.41, 5.74) is 3.52. The van der Waals surface area contributed by atoms with Gasteiger partial charge in [-0.15, -0.1) is 0 Å². The van der Waals surface area contributed by atoms with Crippen molar-refractivity contribution in [2.75, 3.05) is 30.2 Å². The van der Waals surface area contributed by atoms with Crippen molar-refractivity contribution in [2.24, 2.45) is 0 Å². The van der Waals surface area contributed by atoms with E-state index in [0.717, 1.165) is 25.2 Å². The summed E-state index contributed by atoms with van der Waals surface area (Å²) < 4.78 is 33.5. The Balaban J connectivity index is 1.40. The minimum Gasteiger partial charge on any atom is -0.495 e. The number of ether oxygens (including phenoxy) is 1. The number of nitrogens with one attached hydrogen (secondary N) is 2. The summed E-state index contributed by atoms with van der Waals surface area (Å²) in [6.07, 6.45) is 2.49. The quantitative estimate of drug-likeness (QED) is 0.491. The standard InChI is InChI=1S/C26H29N3O4S/c1-19-5-14-25(33-2)24(17-19)28-34(31,32)23-12-10-22(11-13-23)27-26(30)21-8-6-20(7-9-21)18-29-15-3-4-16-29/h5-14,17,28H,3-4,15-16,18H2,1-2H3,(H,27,30). The zero-order chi connectivity index (χ0) is 24.1. The largest absolute Gasteiger partial charge is 0.495 e. The van der Waals surface area contributed by atoms with Gasteiger partial charge < -0.3 is 10.1 Å². The lowest BCUT2D eigenvalue weighted by atomic mass is 10.1. The highest BCUT2D eigenvalue weighted by atomic mass is 32.2. The Hall–Kier alpha value is -3.36. The molecule has 0 atom stereocenters. The third kappa shape index (κ3) is 5.76. The lowest BCUT2D eigenvalue weighted by molar-refractivity contribution is 0.102. The second-order valence-electron chi connectivity index (χ2n) is 8.47. The van der Waals surface area contributed by atoms with Crippen molar-refractivity contribution < 1.29 is 17.9 Å². The van der Waals surface area contributed by atoms with Gasteiger partial charge in [-0.25, -0.2) is 8.42 Å². The van der Waals surface area contributed by atoms with E-state index in [1.807, 2.05) is 37.3 Å². The summed E-state index contributed by atoms with van der Waals surface area (Å²) in [6, 6.07) is 18.9. The van der Waals surface area contributed by atoms with Crippen LogP contribution in [-0.2, 0) is 16.6 Å². The van der Waals surface area contributed by atoms with E-state index < -0.39 is 10.0 Å². The molecule has 4 rings (SSSR count). The molecule has 7 nitrogen and oxygen atoms in total. The molecule has 0 saturated carbocycles. The summed E-state index contributed by atoms with van der Waals surface area (Å²) in [7, 11) is -2.33. The van der Waals surface area contributed by atoms with Crippen LogP contribution in [0.1, 0.15) is 34.3 Å². The summed E-state index contributed by atoms with van der Waals surface area (Å²) in [5, 5.41) is 2.82. The van der Waals surface area contributed by atoms with Gasteiger partial charge in [0.15, 0.2) is 0 Å². The van der Waals surface area contributed by atoms with Gasteiger partial charge in [0, 0.05) is 17.8 Å². The number of amides is 1. The fourth-order valence-electron chi connectivity index (χ4n) is 3.99. The van der Waals surface area contributed by atoms with Gasteiger partial charge in [0.05, 0.1) is 17.7 Å². The van der Waals surface area contributed by atoms with Crippen molar-refractivity contribution in [1.82, 2.24) is 4.90 Å². The molecule has 0 radical (unpaired) electrons. The first-order chi connectivity index (χ1) is 16.3. The molecule has 1 saturated heterocycles. The van der Waals surface area contributed by atoms with Gasteiger partial charge in [0.25, 0.3) is 15.9 Å². The Morgan fingerprint density at radius 1 is 0.971 bits per heavy atom. The van der Waals surface area contributed by atoms with E-state index >= 15 is 0 Å². The van der Waals surface area contributed by atoms with E-state index in [1.165, 1.54) is 37.6 Å². The average molecular weight is 480 g/mol. The SMILES string of the molecule is COc1ccc(C)cc1NS(=O)(=O)c1ccc(NC(=O)c2ccc(CN3CCCC3)cc2)cc1. The molecule has 3 aromatic rings. The van der Waals surface area contributed by atoms with Crippen LogP contribution in [0.4, 0.5) is 11.4 Å². The molecule has 0 spiro atoms. The molecular formula is C26H29N3O4S. The Kier molecular flexibility index (Phi) is 7.19. The van der Waals surface area contributed by atoms with Gasteiger partial charge >= 0.3 is 0 Å². The van der Waals surface area contributed by atoms with Crippen molar-refractivity contribution in [1.29, 1.82) is 0 Å². The molecule has 178 valence electrons. The number of sulfonamides is 1. The zero-order valence-corrected chi connectivity index (χ0v) is 20.2. The highest BCUT2D eigenvalue weighted by Gasteiger charge is 2.17. The van der Waals surface area contributed by atoms with Crippen LogP contribution in [-0.4, -0.2) is 39.4 Å². The van der Waals surface area contributed by atoms with Gasteiger partial charge in [-0.05, 0) is 92.5 Å². The van der Waals surface area contributed by atoms with E-state index in [1.54, 1.807) is 24.3 Å². The Morgan fingerprint density at radius 3 is 2.29 bits per heavy atom. The second-order valence-corrected chi connectivity index (χ2v) is 10.2. The molecular weight excluding hydrogens is 450 g/mol. The van der Waals surface area contributed by atoms with E-state index in [4.69, 9.17) is 4.74 Å². The lowest BCUT2D eigenvalue weighted by Crippen LogP contribution is -2.18. The third-order valence-electron chi connectivity index (χ3n) is 5.84. The van der Waals surface area contributed by atoms with Crippen LogP contribution in [0.2, 0.25) is 0 Å². The van der Waals surface area contributed by atoms with Crippen LogP contribution < -0.4 is 14.8 Å². The number of aryl methyl sites for hydroxylation is 1. The highest BCUT2D eigenvalue weighted by Crippen LogP contribution is 2.28. The van der Waals surface area contributed by atoms with E-state index in [9.17, 15) is 13.2 Å². The van der Waals surface area contributed by atoms with Gasteiger partial charge in [0.2, 0.25) is 0 Å². The maximum absolute atomic E-state index is 12.8. The van der Waals surface area contributed by atoms with Crippen LogP contribution in [0, 0.1) is 6.92 Å². The molecule has 0 unspecified atom stereocenters. The number of rotatable bonds is 8. The van der Waals surface area contributed by atoms with Crippen molar-refractivity contribution in [3.05, 3.63) is 83.4 Å².